The highest BCUT2D eigenvalue weighted by Crippen LogP contribution is 2.18. The van der Waals surface area contributed by atoms with E-state index in [2.05, 4.69) is 0 Å². The van der Waals surface area contributed by atoms with Gasteiger partial charge < -0.3 is 10.6 Å². The van der Waals surface area contributed by atoms with Crippen molar-refractivity contribution in [1.82, 2.24) is 4.90 Å². The number of para-hydroxylation sites is 1. The summed E-state index contributed by atoms with van der Waals surface area (Å²) in [6.07, 6.45) is 0.0327. The van der Waals surface area contributed by atoms with Gasteiger partial charge in [0.25, 0.3) is 5.69 Å². The molecule has 1 aromatic carbocycles. The number of nitro groups is 1. The summed E-state index contributed by atoms with van der Waals surface area (Å²) >= 11 is 0. The Labute approximate surface area is 106 Å². The third kappa shape index (κ3) is 3.53. The zero-order valence-corrected chi connectivity index (χ0v) is 10.3. The van der Waals surface area contributed by atoms with Crippen LogP contribution < -0.4 is 5.73 Å². The van der Waals surface area contributed by atoms with Crippen molar-refractivity contribution in [2.45, 2.75) is 13.3 Å². The fraction of sp³-hybridized carbons (Fsp3) is 0.417. The van der Waals surface area contributed by atoms with E-state index in [1.165, 1.54) is 6.07 Å². The van der Waals surface area contributed by atoms with E-state index in [0.717, 1.165) is 0 Å². The molecule has 0 aliphatic rings. The molecule has 0 atom stereocenters. The number of hydrogen-bond acceptors (Lipinski definition) is 4. The van der Waals surface area contributed by atoms with Gasteiger partial charge in [-0.25, -0.2) is 0 Å². The lowest BCUT2D eigenvalue weighted by molar-refractivity contribution is -0.385. The summed E-state index contributed by atoms with van der Waals surface area (Å²) < 4.78 is 0. The largest absolute Gasteiger partial charge is 0.341 e. The maximum atomic E-state index is 12.0. The van der Waals surface area contributed by atoms with Crippen molar-refractivity contribution in [1.29, 1.82) is 0 Å². The molecule has 0 radical (unpaired) electrons. The van der Waals surface area contributed by atoms with Crippen molar-refractivity contribution in [2.24, 2.45) is 5.73 Å². The molecule has 1 aromatic rings. The molecule has 0 heterocycles. The van der Waals surface area contributed by atoms with Gasteiger partial charge in [-0.3, -0.25) is 14.9 Å². The predicted molar refractivity (Wildman–Crippen MR) is 68.1 cm³/mol. The predicted octanol–water partition coefficient (Wildman–Crippen LogP) is 0.945. The Hall–Kier alpha value is -1.95. The minimum Gasteiger partial charge on any atom is -0.341 e. The van der Waals surface area contributed by atoms with E-state index in [4.69, 9.17) is 5.73 Å². The monoisotopic (exact) mass is 251 g/mol. The molecular formula is C12H17N3O3. The van der Waals surface area contributed by atoms with E-state index < -0.39 is 4.92 Å². The molecule has 1 amide bonds. The lowest BCUT2D eigenvalue weighted by atomic mass is 10.1. The van der Waals surface area contributed by atoms with Crippen molar-refractivity contribution in [3.63, 3.8) is 0 Å². The number of nitrogens with zero attached hydrogens (tertiary/aromatic N) is 2. The molecule has 0 aliphatic heterocycles. The van der Waals surface area contributed by atoms with Crippen LogP contribution in [0.2, 0.25) is 0 Å². The smallest absolute Gasteiger partial charge is 0.273 e. The zero-order valence-electron chi connectivity index (χ0n) is 10.3. The second-order valence-corrected chi connectivity index (χ2v) is 3.82. The standard InChI is InChI=1S/C12H17N3O3/c1-2-14(8-7-13)12(16)9-10-5-3-4-6-11(10)15(17)18/h3-6H,2,7-9,13H2,1H3. The molecule has 0 bridgehead atoms. The quantitative estimate of drug-likeness (QED) is 0.602. The Morgan fingerprint density at radius 3 is 2.67 bits per heavy atom. The number of rotatable bonds is 6. The highest BCUT2D eigenvalue weighted by atomic mass is 16.6. The molecule has 0 fully saturated rings. The van der Waals surface area contributed by atoms with Crippen molar-refractivity contribution < 1.29 is 9.72 Å². The molecule has 6 heteroatoms. The van der Waals surface area contributed by atoms with Crippen LogP contribution in [0, 0.1) is 10.1 Å². The number of carbonyl (C=O) groups is 1. The molecule has 0 saturated carbocycles. The van der Waals surface area contributed by atoms with E-state index in [0.29, 0.717) is 25.2 Å². The number of amides is 1. The Morgan fingerprint density at radius 2 is 2.11 bits per heavy atom. The van der Waals surface area contributed by atoms with Gasteiger partial charge in [-0.05, 0) is 6.92 Å². The Bertz CT molecular complexity index is 434. The molecule has 2 N–H and O–H groups in total. The molecule has 0 spiro atoms. The summed E-state index contributed by atoms with van der Waals surface area (Å²) in [5.74, 6) is -0.141. The number of carbonyl (C=O) groups excluding carboxylic acids is 1. The summed E-state index contributed by atoms with van der Waals surface area (Å²) in [7, 11) is 0. The highest BCUT2D eigenvalue weighted by Gasteiger charge is 2.18. The van der Waals surface area contributed by atoms with Crippen LogP contribution in [0.4, 0.5) is 5.69 Å². The molecule has 6 nitrogen and oxygen atoms in total. The topological polar surface area (TPSA) is 89.5 Å². The van der Waals surface area contributed by atoms with Gasteiger partial charge in [0.1, 0.15) is 0 Å². The Kier molecular flexibility index (Phi) is 5.26. The van der Waals surface area contributed by atoms with Crippen LogP contribution in [0.15, 0.2) is 24.3 Å². The van der Waals surface area contributed by atoms with Crippen LogP contribution in [0.1, 0.15) is 12.5 Å². The first-order chi connectivity index (χ1) is 8.60. The molecule has 98 valence electrons. The zero-order chi connectivity index (χ0) is 13.5. The number of nitro benzene ring substituents is 1. The van der Waals surface area contributed by atoms with Gasteiger partial charge in [0.15, 0.2) is 0 Å². The average molecular weight is 251 g/mol. The Balaban J connectivity index is 2.84. The van der Waals surface area contributed by atoms with E-state index in [9.17, 15) is 14.9 Å². The van der Waals surface area contributed by atoms with Gasteiger partial charge in [0.05, 0.1) is 11.3 Å². The van der Waals surface area contributed by atoms with Crippen molar-refractivity contribution in [3.8, 4) is 0 Å². The van der Waals surface area contributed by atoms with Crippen LogP contribution in [0.3, 0.4) is 0 Å². The minimum absolute atomic E-state index is 0.0188. The first-order valence-corrected chi connectivity index (χ1v) is 5.80. The fourth-order valence-corrected chi connectivity index (χ4v) is 1.73. The summed E-state index contributed by atoms with van der Waals surface area (Å²) in [5, 5.41) is 10.8. The van der Waals surface area contributed by atoms with Gasteiger partial charge in [0, 0.05) is 31.3 Å². The van der Waals surface area contributed by atoms with Gasteiger partial charge in [-0.2, -0.15) is 0 Å². The highest BCUT2D eigenvalue weighted by molar-refractivity contribution is 5.79. The minimum atomic E-state index is -0.470. The number of likely N-dealkylation sites (N-methyl/N-ethyl adjacent to an activating group) is 1. The van der Waals surface area contributed by atoms with Crippen LogP contribution in [0.25, 0.3) is 0 Å². The molecule has 0 aliphatic carbocycles. The van der Waals surface area contributed by atoms with Crippen molar-refractivity contribution in [3.05, 3.63) is 39.9 Å². The van der Waals surface area contributed by atoms with Crippen LogP contribution in [0.5, 0.6) is 0 Å². The summed E-state index contributed by atoms with van der Waals surface area (Å²) in [6, 6.07) is 6.28. The van der Waals surface area contributed by atoms with Crippen LogP contribution in [-0.4, -0.2) is 35.4 Å². The van der Waals surface area contributed by atoms with Gasteiger partial charge in [0.2, 0.25) is 5.91 Å². The van der Waals surface area contributed by atoms with Crippen molar-refractivity contribution in [2.75, 3.05) is 19.6 Å². The number of nitrogens with two attached hydrogens (primary N) is 1. The first kappa shape index (κ1) is 14.1. The molecule has 0 aromatic heterocycles. The van der Waals surface area contributed by atoms with E-state index in [-0.39, 0.29) is 18.0 Å². The maximum absolute atomic E-state index is 12.0. The van der Waals surface area contributed by atoms with Crippen LogP contribution in [-0.2, 0) is 11.2 Å². The number of benzene rings is 1. The summed E-state index contributed by atoms with van der Waals surface area (Å²) in [5.41, 5.74) is 5.83. The first-order valence-electron chi connectivity index (χ1n) is 5.80. The number of hydrogen-bond donors (Lipinski definition) is 1. The molecule has 18 heavy (non-hydrogen) atoms. The van der Waals surface area contributed by atoms with E-state index in [1.54, 1.807) is 23.1 Å². The summed E-state index contributed by atoms with van der Waals surface area (Å²) in [4.78, 5) is 23.9. The van der Waals surface area contributed by atoms with E-state index in [1.807, 2.05) is 6.92 Å². The lowest BCUT2D eigenvalue weighted by Crippen LogP contribution is -2.36. The maximum Gasteiger partial charge on any atom is 0.273 e. The average Bonchev–Trinajstić information content (AvgIpc) is 2.36. The summed E-state index contributed by atoms with van der Waals surface area (Å²) in [6.45, 7) is 3.26. The molecule has 0 saturated heterocycles. The van der Waals surface area contributed by atoms with Crippen LogP contribution >= 0.6 is 0 Å². The normalized spacial score (nSPS) is 10.1. The molecule has 0 unspecified atom stereocenters. The van der Waals surface area contributed by atoms with E-state index >= 15 is 0 Å². The third-order valence-corrected chi connectivity index (χ3v) is 2.66. The molecule has 1 rings (SSSR count). The third-order valence-electron chi connectivity index (χ3n) is 2.66. The SMILES string of the molecule is CCN(CCN)C(=O)Cc1ccccc1[N+](=O)[O-]. The lowest BCUT2D eigenvalue weighted by Gasteiger charge is -2.19. The second-order valence-electron chi connectivity index (χ2n) is 3.82. The van der Waals surface area contributed by atoms with Gasteiger partial charge >= 0.3 is 0 Å². The second kappa shape index (κ2) is 6.70. The Morgan fingerprint density at radius 1 is 1.44 bits per heavy atom. The van der Waals surface area contributed by atoms with Gasteiger partial charge in [-0.1, -0.05) is 18.2 Å². The fourth-order valence-electron chi connectivity index (χ4n) is 1.73. The molecular weight excluding hydrogens is 234 g/mol. The van der Waals surface area contributed by atoms with Crippen molar-refractivity contribution >= 4 is 11.6 Å². The van der Waals surface area contributed by atoms with Gasteiger partial charge in [-0.15, -0.1) is 0 Å².